The molecule has 0 aliphatic rings. The molecule has 0 unspecified atom stereocenters. The van der Waals surface area contributed by atoms with Crippen molar-refractivity contribution in [3.63, 3.8) is 0 Å². The average Bonchev–Trinajstić information content (AvgIpc) is 2.89. The predicted molar refractivity (Wildman–Crippen MR) is 76.2 cm³/mol. The molecule has 0 spiro atoms. The number of carboxylic acids is 2. The topological polar surface area (TPSA) is 124 Å². The van der Waals surface area contributed by atoms with Crippen LogP contribution in [0.15, 0.2) is 18.2 Å². The summed E-state index contributed by atoms with van der Waals surface area (Å²) in [5, 5.41) is 32.0. The summed E-state index contributed by atoms with van der Waals surface area (Å²) in [6.07, 6.45) is 2.70. The number of nitrogens with one attached hydrogen (secondary N) is 1. The smallest absolute Gasteiger partial charge is 0.332 e. The Bertz CT molecular complexity index is 475. The first-order chi connectivity index (χ1) is 9.49. The van der Waals surface area contributed by atoms with Crippen molar-refractivity contribution in [2.45, 2.75) is 27.7 Å². The van der Waals surface area contributed by atoms with Crippen molar-refractivity contribution in [3.8, 4) is 0 Å². The van der Waals surface area contributed by atoms with Crippen LogP contribution >= 0.6 is 0 Å². The lowest BCUT2D eigenvalue weighted by atomic mass is 10.3. The maximum Gasteiger partial charge on any atom is 0.332 e. The minimum Gasteiger partial charge on any atom is -0.505 e. The summed E-state index contributed by atoms with van der Waals surface area (Å²) >= 11 is 0. The van der Waals surface area contributed by atoms with E-state index < -0.39 is 17.7 Å². The van der Waals surface area contributed by atoms with E-state index in [-0.39, 0.29) is 5.69 Å². The van der Waals surface area contributed by atoms with Crippen LogP contribution in [0.2, 0.25) is 0 Å². The molecule has 0 aromatic carbocycles. The standard InChI is InChI=1S/C9H8N2O5.2C2H6/c12-7(4-9(15)16)6-3-5(10-11-6)1-2-8(13)14;2*1-2/h1-4,12H,(H,10,11)(H,13,14)(H,15,16);2*1-2H3/b2-1+,7-4-;;. The molecular weight excluding hydrogens is 264 g/mol. The molecule has 0 fully saturated rings. The van der Waals surface area contributed by atoms with Crippen LogP contribution in [-0.2, 0) is 9.59 Å². The predicted octanol–water partition coefficient (Wildman–Crippen LogP) is 2.54. The Morgan fingerprint density at radius 2 is 1.65 bits per heavy atom. The Hall–Kier alpha value is -2.57. The fourth-order valence-corrected chi connectivity index (χ4v) is 0.905. The SMILES string of the molecule is CC.CC.O=C(O)/C=C(\O)c1cc(/C=C/C(=O)O)[nH]n1. The van der Waals surface area contributed by atoms with Gasteiger partial charge in [-0.1, -0.05) is 27.7 Å². The second-order valence-corrected chi connectivity index (χ2v) is 2.75. The Balaban J connectivity index is 0. The summed E-state index contributed by atoms with van der Waals surface area (Å²) in [6, 6.07) is 1.31. The monoisotopic (exact) mass is 284 g/mol. The summed E-state index contributed by atoms with van der Waals surface area (Å²) < 4.78 is 0. The Kier molecular flexibility index (Phi) is 11.4. The molecule has 1 rings (SSSR count). The molecule has 0 saturated heterocycles. The molecule has 7 heteroatoms. The number of aromatic nitrogens is 2. The largest absolute Gasteiger partial charge is 0.505 e. The van der Waals surface area contributed by atoms with E-state index in [0.29, 0.717) is 11.8 Å². The van der Waals surface area contributed by atoms with E-state index in [2.05, 4.69) is 10.2 Å². The zero-order chi connectivity index (χ0) is 16.1. The van der Waals surface area contributed by atoms with Gasteiger partial charge in [0, 0.05) is 6.08 Å². The number of carboxylic acid groups (broad SMARTS) is 2. The number of aliphatic carboxylic acids is 2. The van der Waals surface area contributed by atoms with Gasteiger partial charge in [0.05, 0.1) is 11.8 Å². The molecule has 0 aliphatic carbocycles. The highest BCUT2D eigenvalue weighted by molar-refractivity contribution is 5.88. The summed E-state index contributed by atoms with van der Waals surface area (Å²) in [6.45, 7) is 8.00. The molecule has 0 radical (unpaired) electrons. The first kappa shape index (κ1) is 19.8. The van der Waals surface area contributed by atoms with Gasteiger partial charge in [-0.15, -0.1) is 0 Å². The van der Waals surface area contributed by atoms with Crippen LogP contribution in [0.25, 0.3) is 11.8 Å². The maximum absolute atomic E-state index is 10.2. The van der Waals surface area contributed by atoms with Crippen molar-refractivity contribution in [3.05, 3.63) is 29.6 Å². The first-order valence-electron chi connectivity index (χ1n) is 6.09. The number of H-pyrrole nitrogens is 1. The number of hydrogen-bond donors (Lipinski definition) is 4. The van der Waals surface area contributed by atoms with Gasteiger partial charge in [0.15, 0.2) is 0 Å². The second kappa shape index (κ2) is 11.5. The number of carbonyl (C=O) groups is 2. The van der Waals surface area contributed by atoms with E-state index in [4.69, 9.17) is 10.2 Å². The molecule has 112 valence electrons. The van der Waals surface area contributed by atoms with Crippen molar-refractivity contribution < 1.29 is 24.9 Å². The van der Waals surface area contributed by atoms with Crippen LogP contribution in [0.5, 0.6) is 0 Å². The van der Waals surface area contributed by atoms with Gasteiger partial charge in [0.2, 0.25) is 0 Å². The van der Waals surface area contributed by atoms with Crippen molar-refractivity contribution >= 4 is 23.8 Å². The molecule has 1 aromatic rings. The lowest BCUT2D eigenvalue weighted by Gasteiger charge is -1.89. The van der Waals surface area contributed by atoms with E-state index >= 15 is 0 Å². The number of rotatable bonds is 4. The number of aliphatic hydroxyl groups excluding tert-OH is 1. The zero-order valence-electron chi connectivity index (χ0n) is 11.9. The molecule has 1 aromatic heterocycles. The van der Waals surface area contributed by atoms with Crippen LogP contribution in [-0.4, -0.2) is 37.5 Å². The minimum atomic E-state index is -1.30. The highest BCUT2D eigenvalue weighted by atomic mass is 16.4. The summed E-state index contributed by atoms with van der Waals surface area (Å²) in [7, 11) is 0. The number of hydrogen-bond acceptors (Lipinski definition) is 4. The van der Waals surface area contributed by atoms with Gasteiger partial charge in [-0.3, -0.25) is 5.10 Å². The molecular formula is C13H20N2O5. The van der Waals surface area contributed by atoms with Gasteiger partial charge in [0.25, 0.3) is 0 Å². The highest BCUT2D eigenvalue weighted by Gasteiger charge is 2.05. The van der Waals surface area contributed by atoms with Crippen molar-refractivity contribution in [2.75, 3.05) is 0 Å². The van der Waals surface area contributed by atoms with Crippen LogP contribution in [0.1, 0.15) is 39.1 Å². The zero-order valence-corrected chi connectivity index (χ0v) is 11.9. The third-order valence-electron chi connectivity index (χ3n) is 1.53. The van der Waals surface area contributed by atoms with Crippen molar-refractivity contribution in [1.82, 2.24) is 10.2 Å². The van der Waals surface area contributed by atoms with Gasteiger partial charge >= 0.3 is 11.9 Å². The molecule has 7 nitrogen and oxygen atoms in total. The highest BCUT2D eigenvalue weighted by Crippen LogP contribution is 2.10. The van der Waals surface area contributed by atoms with Crippen LogP contribution in [0.3, 0.4) is 0 Å². The van der Waals surface area contributed by atoms with E-state index in [9.17, 15) is 14.7 Å². The Morgan fingerprint density at radius 3 is 2.10 bits per heavy atom. The van der Waals surface area contributed by atoms with Gasteiger partial charge < -0.3 is 15.3 Å². The van der Waals surface area contributed by atoms with Crippen LogP contribution in [0, 0.1) is 0 Å². The van der Waals surface area contributed by atoms with Crippen LogP contribution in [0.4, 0.5) is 0 Å². The fraction of sp³-hybridized carbons (Fsp3) is 0.308. The quantitative estimate of drug-likeness (QED) is 0.497. The Morgan fingerprint density at radius 1 is 1.10 bits per heavy atom. The number of aliphatic hydroxyl groups is 1. The summed E-state index contributed by atoms with van der Waals surface area (Å²) in [5.41, 5.74) is 0.357. The van der Waals surface area contributed by atoms with E-state index in [0.717, 1.165) is 6.08 Å². The third kappa shape index (κ3) is 8.51. The molecule has 1 heterocycles. The lowest BCUT2D eigenvalue weighted by Crippen LogP contribution is -1.91. The van der Waals surface area contributed by atoms with Crippen LogP contribution < -0.4 is 0 Å². The maximum atomic E-state index is 10.2. The molecule has 0 aliphatic heterocycles. The molecule has 0 atom stereocenters. The number of nitrogens with zero attached hydrogens (tertiary/aromatic N) is 1. The third-order valence-corrected chi connectivity index (χ3v) is 1.53. The normalized spacial score (nSPS) is 10.1. The lowest BCUT2D eigenvalue weighted by molar-refractivity contribution is -0.132. The van der Waals surface area contributed by atoms with E-state index in [1.54, 1.807) is 0 Å². The Labute approximate surface area is 117 Å². The summed E-state index contributed by atoms with van der Waals surface area (Å²) in [5.74, 6) is -2.94. The van der Waals surface area contributed by atoms with Gasteiger partial charge in [-0.05, 0) is 12.1 Å². The van der Waals surface area contributed by atoms with Crippen molar-refractivity contribution in [1.29, 1.82) is 0 Å². The summed E-state index contributed by atoms with van der Waals surface area (Å²) in [4.78, 5) is 20.4. The van der Waals surface area contributed by atoms with E-state index in [1.165, 1.54) is 12.1 Å². The van der Waals surface area contributed by atoms with E-state index in [1.807, 2.05) is 27.7 Å². The minimum absolute atomic E-state index is 0.0208. The molecule has 0 saturated carbocycles. The van der Waals surface area contributed by atoms with Gasteiger partial charge in [-0.25, -0.2) is 9.59 Å². The molecule has 0 bridgehead atoms. The second-order valence-electron chi connectivity index (χ2n) is 2.75. The molecule has 0 amide bonds. The van der Waals surface area contributed by atoms with Crippen molar-refractivity contribution in [2.24, 2.45) is 0 Å². The average molecular weight is 284 g/mol. The first-order valence-corrected chi connectivity index (χ1v) is 6.09. The molecule has 4 N–H and O–H groups in total. The van der Waals surface area contributed by atoms with Gasteiger partial charge in [0.1, 0.15) is 11.5 Å². The van der Waals surface area contributed by atoms with Gasteiger partial charge in [-0.2, -0.15) is 5.10 Å². The number of aromatic amines is 1. The fourth-order valence-electron chi connectivity index (χ4n) is 0.905. The molecule has 20 heavy (non-hydrogen) atoms.